The van der Waals surface area contributed by atoms with Crippen LogP contribution < -0.4 is 4.90 Å². The Balaban J connectivity index is 2.25. The fraction of sp³-hybridized carbons (Fsp3) is 0.533. The Morgan fingerprint density at radius 2 is 1.89 bits per heavy atom. The number of hydrogen-bond acceptors (Lipinski definition) is 2. The molecule has 2 rings (SSSR count). The first-order valence-electron chi connectivity index (χ1n) is 6.52. The largest absolute Gasteiger partial charge is 0.370 e. The Morgan fingerprint density at radius 3 is 2.39 bits per heavy atom. The van der Waals surface area contributed by atoms with E-state index in [1.165, 1.54) is 12.1 Å². The minimum absolute atomic E-state index is 0.114. The second-order valence-electron chi connectivity index (χ2n) is 5.57. The summed E-state index contributed by atoms with van der Waals surface area (Å²) in [6, 6.07) is 5.92. The summed E-state index contributed by atoms with van der Waals surface area (Å²) in [5, 5.41) is 0. The third kappa shape index (κ3) is 2.94. The standard InChI is InChI=1S/C15H20BrNO/c1-10-6-11(2)9-17(8-10)15-5-4-13(12(3)18)7-14(15)16/h4-5,7,10-11H,6,8-9H2,1-3H3. The van der Waals surface area contributed by atoms with E-state index in [2.05, 4.69) is 40.7 Å². The molecule has 0 amide bonds. The lowest BCUT2D eigenvalue weighted by Gasteiger charge is -2.37. The van der Waals surface area contributed by atoms with E-state index in [-0.39, 0.29) is 5.78 Å². The number of anilines is 1. The first-order valence-corrected chi connectivity index (χ1v) is 7.32. The van der Waals surface area contributed by atoms with Gasteiger partial charge in [-0.2, -0.15) is 0 Å². The SMILES string of the molecule is CC(=O)c1ccc(N2CC(C)CC(C)C2)c(Br)c1. The van der Waals surface area contributed by atoms with Crippen molar-refractivity contribution in [3.05, 3.63) is 28.2 Å². The summed E-state index contributed by atoms with van der Waals surface area (Å²) in [7, 11) is 0. The van der Waals surface area contributed by atoms with Crippen molar-refractivity contribution >= 4 is 27.4 Å². The number of hydrogen-bond donors (Lipinski definition) is 0. The molecule has 1 aliphatic heterocycles. The van der Waals surface area contributed by atoms with E-state index < -0.39 is 0 Å². The van der Waals surface area contributed by atoms with E-state index in [4.69, 9.17) is 0 Å². The number of carbonyl (C=O) groups is 1. The lowest BCUT2D eigenvalue weighted by molar-refractivity contribution is 0.101. The molecule has 0 radical (unpaired) electrons. The molecule has 0 bridgehead atoms. The molecule has 1 aromatic carbocycles. The lowest BCUT2D eigenvalue weighted by Crippen LogP contribution is -2.38. The van der Waals surface area contributed by atoms with Crippen LogP contribution in [-0.4, -0.2) is 18.9 Å². The molecule has 1 aromatic rings. The molecular formula is C15H20BrNO. The predicted octanol–water partition coefficient (Wildman–Crippen LogP) is 4.13. The number of benzene rings is 1. The first kappa shape index (κ1) is 13.6. The van der Waals surface area contributed by atoms with E-state index in [1.54, 1.807) is 6.92 Å². The summed E-state index contributed by atoms with van der Waals surface area (Å²) in [6.45, 7) is 8.41. The number of ketones is 1. The highest BCUT2D eigenvalue weighted by Gasteiger charge is 2.23. The monoisotopic (exact) mass is 309 g/mol. The van der Waals surface area contributed by atoms with E-state index in [9.17, 15) is 4.79 Å². The number of rotatable bonds is 2. The fourth-order valence-electron chi connectivity index (χ4n) is 2.84. The molecular weight excluding hydrogens is 290 g/mol. The highest BCUT2D eigenvalue weighted by atomic mass is 79.9. The summed E-state index contributed by atoms with van der Waals surface area (Å²) < 4.78 is 1.02. The summed E-state index contributed by atoms with van der Waals surface area (Å²) in [4.78, 5) is 13.8. The van der Waals surface area contributed by atoms with Gasteiger partial charge in [-0.1, -0.05) is 13.8 Å². The zero-order valence-electron chi connectivity index (χ0n) is 11.2. The van der Waals surface area contributed by atoms with Crippen LogP contribution >= 0.6 is 15.9 Å². The van der Waals surface area contributed by atoms with Gasteiger partial charge >= 0.3 is 0 Å². The quantitative estimate of drug-likeness (QED) is 0.765. The van der Waals surface area contributed by atoms with Gasteiger partial charge in [0.2, 0.25) is 0 Å². The van der Waals surface area contributed by atoms with Crippen LogP contribution in [0.5, 0.6) is 0 Å². The van der Waals surface area contributed by atoms with Gasteiger partial charge in [0, 0.05) is 23.1 Å². The third-order valence-electron chi connectivity index (χ3n) is 3.56. The average Bonchev–Trinajstić information content (AvgIpc) is 2.27. The van der Waals surface area contributed by atoms with Crippen LogP contribution in [0.2, 0.25) is 0 Å². The molecule has 0 spiro atoms. The molecule has 2 unspecified atom stereocenters. The van der Waals surface area contributed by atoms with Gasteiger partial charge in [0.15, 0.2) is 5.78 Å². The van der Waals surface area contributed by atoms with Crippen LogP contribution in [0.1, 0.15) is 37.6 Å². The van der Waals surface area contributed by atoms with Gasteiger partial charge in [0.05, 0.1) is 5.69 Å². The minimum atomic E-state index is 0.114. The van der Waals surface area contributed by atoms with E-state index in [1.807, 2.05) is 12.1 Å². The van der Waals surface area contributed by atoms with Gasteiger partial charge in [-0.15, -0.1) is 0 Å². The number of piperidine rings is 1. The lowest BCUT2D eigenvalue weighted by atomic mass is 9.91. The maximum absolute atomic E-state index is 11.4. The molecule has 0 saturated carbocycles. The Morgan fingerprint density at radius 1 is 1.28 bits per heavy atom. The molecule has 0 aliphatic carbocycles. The normalized spacial score (nSPS) is 24.1. The third-order valence-corrected chi connectivity index (χ3v) is 4.20. The molecule has 1 heterocycles. The van der Waals surface area contributed by atoms with E-state index >= 15 is 0 Å². The number of halogens is 1. The van der Waals surface area contributed by atoms with Gasteiger partial charge in [0.25, 0.3) is 0 Å². The Labute approximate surface area is 117 Å². The van der Waals surface area contributed by atoms with Crippen molar-refractivity contribution in [3.63, 3.8) is 0 Å². The van der Waals surface area contributed by atoms with Crippen LogP contribution in [0.25, 0.3) is 0 Å². The van der Waals surface area contributed by atoms with Crippen molar-refractivity contribution < 1.29 is 4.79 Å². The van der Waals surface area contributed by atoms with Crippen molar-refractivity contribution in [2.24, 2.45) is 11.8 Å². The Hall–Kier alpha value is -0.830. The van der Waals surface area contributed by atoms with Crippen LogP contribution in [0.15, 0.2) is 22.7 Å². The van der Waals surface area contributed by atoms with Gasteiger partial charge in [-0.25, -0.2) is 0 Å². The van der Waals surface area contributed by atoms with Gasteiger partial charge in [0.1, 0.15) is 0 Å². The van der Waals surface area contributed by atoms with Crippen LogP contribution in [0.4, 0.5) is 5.69 Å². The summed E-state index contributed by atoms with van der Waals surface area (Å²) in [5.41, 5.74) is 1.97. The maximum atomic E-state index is 11.4. The molecule has 1 saturated heterocycles. The average molecular weight is 310 g/mol. The topological polar surface area (TPSA) is 20.3 Å². The molecule has 2 atom stereocenters. The second kappa shape index (κ2) is 5.43. The van der Waals surface area contributed by atoms with Crippen molar-refractivity contribution in [2.45, 2.75) is 27.2 Å². The highest BCUT2D eigenvalue weighted by molar-refractivity contribution is 9.10. The molecule has 1 fully saturated rings. The van der Waals surface area contributed by atoms with Crippen LogP contribution in [-0.2, 0) is 0 Å². The van der Waals surface area contributed by atoms with Crippen LogP contribution in [0.3, 0.4) is 0 Å². The van der Waals surface area contributed by atoms with Gasteiger partial charge in [-0.3, -0.25) is 4.79 Å². The van der Waals surface area contributed by atoms with Gasteiger partial charge in [-0.05, 0) is 59.3 Å². The molecule has 98 valence electrons. The Bertz CT molecular complexity index is 448. The zero-order valence-corrected chi connectivity index (χ0v) is 12.8. The fourth-order valence-corrected chi connectivity index (χ4v) is 3.47. The van der Waals surface area contributed by atoms with E-state index in [0.29, 0.717) is 0 Å². The molecule has 3 heteroatoms. The summed E-state index contributed by atoms with van der Waals surface area (Å²) >= 11 is 3.60. The number of carbonyl (C=O) groups excluding carboxylic acids is 1. The van der Waals surface area contributed by atoms with Crippen molar-refractivity contribution in [1.82, 2.24) is 0 Å². The predicted molar refractivity (Wildman–Crippen MR) is 79.3 cm³/mol. The van der Waals surface area contributed by atoms with Crippen molar-refractivity contribution in [2.75, 3.05) is 18.0 Å². The molecule has 18 heavy (non-hydrogen) atoms. The molecule has 1 aliphatic rings. The maximum Gasteiger partial charge on any atom is 0.159 e. The smallest absolute Gasteiger partial charge is 0.159 e. The summed E-state index contributed by atoms with van der Waals surface area (Å²) in [5.74, 6) is 1.57. The molecule has 0 aromatic heterocycles. The van der Waals surface area contributed by atoms with Gasteiger partial charge < -0.3 is 4.90 Å². The minimum Gasteiger partial charge on any atom is -0.370 e. The van der Waals surface area contributed by atoms with Crippen LogP contribution in [0, 0.1) is 11.8 Å². The van der Waals surface area contributed by atoms with Crippen molar-refractivity contribution in [3.8, 4) is 0 Å². The number of nitrogens with zero attached hydrogens (tertiary/aromatic N) is 1. The summed E-state index contributed by atoms with van der Waals surface area (Å²) in [6.07, 6.45) is 1.31. The highest BCUT2D eigenvalue weighted by Crippen LogP contribution is 2.32. The molecule has 2 nitrogen and oxygen atoms in total. The first-order chi connectivity index (χ1) is 8.47. The van der Waals surface area contributed by atoms with E-state index in [0.717, 1.165) is 35.0 Å². The molecule has 0 N–H and O–H groups in total. The second-order valence-corrected chi connectivity index (χ2v) is 6.43. The Kier molecular flexibility index (Phi) is 4.10. The number of Topliss-reactive ketones (excluding diaryl/α,β-unsaturated/α-hetero) is 1. The zero-order chi connectivity index (χ0) is 13.3. The van der Waals surface area contributed by atoms with Crippen molar-refractivity contribution in [1.29, 1.82) is 0 Å².